The number of hydrogen-bond donors (Lipinski definition) is 3. The molecule has 0 aliphatic heterocycles. The van der Waals surface area contributed by atoms with Crippen LogP contribution in [0.1, 0.15) is 11.4 Å². The minimum absolute atomic E-state index is 0.0488. The van der Waals surface area contributed by atoms with Gasteiger partial charge in [-0.3, -0.25) is 9.89 Å². The quantitative estimate of drug-likeness (QED) is 0.511. The predicted octanol–water partition coefficient (Wildman–Crippen LogP) is 2.72. The van der Waals surface area contributed by atoms with Crippen molar-refractivity contribution in [3.63, 3.8) is 0 Å². The molecule has 4 aromatic rings. The number of H-pyrrole nitrogens is 1. The topological polar surface area (TPSA) is 117 Å². The third-order valence-corrected chi connectivity index (χ3v) is 4.52. The Kier molecular flexibility index (Phi) is 3.54. The number of fused-ring (bicyclic) bond motifs is 2. The standard InChI is InChI=1S/C15H12N6O2S/c22-12(23)4-3-11-20-13-14(16-7-17-15(13)24-11)19-9-1-2-10-8(5-9)6-18-21-10/h1-2,5-7H,3-4H2,(H,18,21)(H,22,23)(H,16,17,19). The Balaban J connectivity index is 1.66. The van der Waals surface area contributed by atoms with E-state index in [-0.39, 0.29) is 6.42 Å². The Bertz CT molecular complexity index is 1040. The van der Waals surface area contributed by atoms with Crippen LogP contribution in [0, 0.1) is 0 Å². The molecule has 0 spiro atoms. The maximum Gasteiger partial charge on any atom is 0.303 e. The van der Waals surface area contributed by atoms with Gasteiger partial charge in [0.05, 0.1) is 23.1 Å². The lowest BCUT2D eigenvalue weighted by Crippen LogP contribution is -1.97. The van der Waals surface area contributed by atoms with Crippen LogP contribution in [0.25, 0.3) is 21.3 Å². The van der Waals surface area contributed by atoms with Gasteiger partial charge >= 0.3 is 5.97 Å². The second-order valence-electron chi connectivity index (χ2n) is 5.17. The normalized spacial score (nSPS) is 11.2. The fraction of sp³-hybridized carbons (Fsp3) is 0.133. The number of nitrogens with one attached hydrogen (secondary N) is 2. The van der Waals surface area contributed by atoms with Crippen molar-refractivity contribution in [3.05, 3.63) is 35.7 Å². The lowest BCUT2D eigenvalue weighted by molar-refractivity contribution is -0.136. The number of anilines is 2. The number of carboxylic acid groups (broad SMARTS) is 1. The molecule has 24 heavy (non-hydrogen) atoms. The molecule has 0 unspecified atom stereocenters. The monoisotopic (exact) mass is 340 g/mol. The molecule has 4 rings (SSSR count). The van der Waals surface area contributed by atoms with Crippen molar-refractivity contribution in [2.45, 2.75) is 12.8 Å². The molecule has 0 aliphatic rings. The van der Waals surface area contributed by atoms with Gasteiger partial charge < -0.3 is 10.4 Å². The first-order valence-electron chi connectivity index (χ1n) is 7.21. The number of carboxylic acids is 1. The van der Waals surface area contributed by atoms with Gasteiger partial charge in [-0.05, 0) is 18.2 Å². The highest BCUT2D eigenvalue weighted by molar-refractivity contribution is 7.18. The minimum atomic E-state index is -0.841. The third kappa shape index (κ3) is 2.76. The summed E-state index contributed by atoms with van der Waals surface area (Å²) in [6.45, 7) is 0. The number of aliphatic carboxylic acids is 1. The summed E-state index contributed by atoms with van der Waals surface area (Å²) in [6, 6.07) is 5.82. The molecular formula is C15H12N6O2S. The molecule has 120 valence electrons. The molecular weight excluding hydrogens is 328 g/mol. The van der Waals surface area contributed by atoms with E-state index in [1.54, 1.807) is 6.20 Å². The maximum atomic E-state index is 10.7. The van der Waals surface area contributed by atoms with Crippen molar-refractivity contribution >= 4 is 50.1 Å². The average molecular weight is 340 g/mol. The molecule has 8 nitrogen and oxygen atoms in total. The van der Waals surface area contributed by atoms with E-state index in [1.807, 2.05) is 18.2 Å². The Labute approximate surface area is 139 Å². The largest absolute Gasteiger partial charge is 0.481 e. The smallest absolute Gasteiger partial charge is 0.303 e. The second-order valence-corrected chi connectivity index (χ2v) is 6.24. The summed E-state index contributed by atoms with van der Waals surface area (Å²) < 4.78 is 0. The molecule has 0 atom stereocenters. The highest BCUT2D eigenvalue weighted by Gasteiger charge is 2.12. The van der Waals surface area contributed by atoms with Crippen LogP contribution >= 0.6 is 11.3 Å². The van der Waals surface area contributed by atoms with Crippen molar-refractivity contribution in [2.24, 2.45) is 0 Å². The zero-order valence-corrected chi connectivity index (χ0v) is 13.2. The van der Waals surface area contributed by atoms with E-state index >= 15 is 0 Å². The van der Waals surface area contributed by atoms with Gasteiger partial charge in [0.1, 0.15) is 16.7 Å². The van der Waals surface area contributed by atoms with Crippen LogP contribution in [-0.4, -0.2) is 36.2 Å². The summed E-state index contributed by atoms with van der Waals surface area (Å²) in [5, 5.41) is 20.7. The molecule has 0 amide bonds. The molecule has 3 heterocycles. The zero-order valence-electron chi connectivity index (χ0n) is 12.4. The van der Waals surface area contributed by atoms with E-state index in [0.29, 0.717) is 17.8 Å². The molecule has 0 saturated heterocycles. The van der Waals surface area contributed by atoms with Gasteiger partial charge in [-0.25, -0.2) is 15.0 Å². The van der Waals surface area contributed by atoms with Crippen LogP contribution in [0.4, 0.5) is 11.5 Å². The third-order valence-electron chi connectivity index (χ3n) is 3.50. The van der Waals surface area contributed by atoms with Crippen molar-refractivity contribution in [1.29, 1.82) is 0 Å². The molecule has 3 aromatic heterocycles. The maximum absolute atomic E-state index is 10.7. The molecule has 3 N–H and O–H groups in total. The number of aromatic amines is 1. The molecule has 0 saturated carbocycles. The number of benzene rings is 1. The van der Waals surface area contributed by atoms with Crippen LogP contribution in [0.5, 0.6) is 0 Å². The number of nitrogens with zero attached hydrogens (tertiary/aromatic N) is 4. The van der Waals surface area contributed by atoms with E-state index in [9.17, 15) is 4.79 Å². The first kappa shape index (κ1) is 14.5. The first-order valence-corrected chi connectivity index (χ1v) is 8.03. The number of carbonyl (C=O) groups is 1. The van der Waals surface area contributed by atoms with E-state index < -0.39 is 5.97 Å². The molecule has 9 heteroatoms. The predicted molar refractivity (Wildman–Crippen MR) is 90.5 cm³/mol. The Morgan fingerprint density at radius 1 is 1.33 bits per heavy atom. The number of hydrogen-bond acceptors (Lipinski definition) is 7. The summed E-state index contributed by atoms with van der Waals surface area (Å²) in [4.78, 5) is 24.4. The summed E-state index contributed by atoms with van der Waals surface area (Å²) in [7, 11) is 0. The fourth-order valence-electron chi connectivity index (χ4n) is 2.37. The van der Waals surface area contributed by atoms with Gasteiger partial charge in [0.15, 0.2) is 5.82 Å². The van der Waals surface area contributed by atoms with Crippen molar-refractivity contribution in [2.75, 3.05) is 5.32 Å². The molecule has 1 aromatic carbocycles. The van der Waals surface area contributed by atoms with Gasteiger partial charge in [-0.2, -0.15) is 5.10 Å². The molecule has 0 fully saturated rings. The summed E-state index contributed by atoms with van der Waals surface area (Å²) in [6.07, 6.45) is 3.66. The van der Waals surface area contributed by atoms with E-state index in [4.69, 9.17) is 5.11 Å². The van der Waals surface area contributed by atoms with Gasteiger partial charge in [0.25, 0.3) is 0 Å². The average Bonchev–Trinajstić information content (AvgIpc) is 3.19. The zero-order chi connectivity index (χ0) is 16.5. The lowest BCUT2D eigenvalue weighted by Gasteiger charge is -2.05. The van der Waals surface area contributed by atoms with E-state index in [0.717, 1.165) is 26.4 Å². The number of aryl methyl sites for hydroxylation is 1. The van der Waals surface area contributed by atoms with Gasteiger partial charge in [-0.1, -0.05) is 11.3 Å². The van der Waals surface area contributed by atoms with Crippen LogP contribution < -0.4 is 5.32 Å². The summed E-state index contributed by atoms with van der Waals surface area (Å²) in [5.74, 6) is -0.243. The van der Waals surface area contributed by atoms with Crippen LogP contribution in [0.3, 0.4) is 0 Å². The van der Waals surface area contributed by atoms with Gasteiger partial charge in [-0.15, -0.1) is 0 Å². The summed E-state index contributed by atoms with van der Waals surface area (Å²) in [5.41, 5.74) is 2.47. The lowest BCUT2D eigenvalue weighted by atomic mass is 10.2. The Morgan fingerprint density at radius 2 is 2.25 bits per heavy atom. The highest BCUT2D eigenvalue weighted by atomic mass is 32.1. The highest BCUT2D eigenvalue weighted by Crippen LogP contribution is 2.28. The second kappa shape index (κ2) is 5.85. The number of rotatable bonds is 5. The van der Waals surface area contributed by atoms with E-state index in [1.165, 1.54) is 17.7 Å². The van der Waals surface area contributed by atoms with Gasteiger partial charge in [0.2, 0.25) is 0 Å². The Morgan fingerprint density at radius 3 is 3.12 bits per heavy atom. The minimum Gasteiger partial charge on any atom is -0.481 e. The van der Waals surface area contributed by atoms with Crippen LogP contribution in [0.15, 0.2) is 30.7 Å². The number of aromatic nitrogens is 5. The molecule has 0 aliphatic carbocycles. The number of thiazole rings is 1. The fourth-order valence-corrected chi connectivity index (χ4v) is 3.27. The van der Waals surface area contributed by atoms with E-state index in [2.05, 4.69) is 30.5 Å². The Hall–Kier alpha value is -3.07. The van der Waals surface area contributed by atoms with Crippen molar-refractivity contribution in [1.82, 2.24) is 25.1 Å². The summed E-state index contributed by atoms with van der Waals surface area (Å²) >= 11 is 1.39. The van der Waals surface area contributed by atoms with Gasteiger partial charge in [0, 0.05) is 17.5 Å². The van der Waals surface area contributed by atoms with Crippen LogP contribution in [-0.2, 0) is 11.2 Å². The van der Waals surface area contributed by atoms with Crippen molar-refractivity contribution < 1.29 is 9.90 Å². The van der Waals surface area contributed by atoms with Crippen molar-refractivity contribution in [3.8, 4) is 0 Å². The molecule has 0 radical (unpaired) electrons. The first-order chi connectivity index (χ1) is 11.7. The molecule has 0 bridgehead atoms. The van der Waals surface area contributed by atoms with Crippen LogP contribution in [0.2, 0.25) is 0 Å². The SMILES string of the molecule is O=C(O)CCc1nc2c(Nc3ccc4[nH]ncc4c3)ncnc2s1.